The first kappa shape index (κ1) is 23.2. The minimum Gasteiger partial charge on any atom is -0.480 e. The molecule has 1 aromatic heterocycles. The number of H-pyrrole nitrogens is 1. The number of fused-ring (bicyclic) bond motifs is 1. The molecule has 0 aliphatic carbocycles. The fraction of sp³-hybridized carbons (Fsp3) is 0.368. The van der Waals surface area contributed by atoms with Crippen molar-refractivity contribution in [3.05, 3.63) is 45.7 Å². The number of aromatic nitrogens is 2. The zero-order chi connectivity index (χ0) is 23.3. The van der Waals surface area contributed by atoms with Gasteiger partial charge in [-0.1, -0.05) is 0 Å². The van der Waals surface area contributed by atoms with Gasteiger partial charge >= 0.3 is 5.97 Å². The Balaban J connectivity index is 1.54. The lowest BCUT2D eigenvalue weighted by Gasteiger charge is -2.25. The van der Waals surface area contributed by atoms with Crippen molar-refractivity contribution >= 4 is 40.4 Å². The van der Waals surface area contributed by atoms with E-state index in [-0.39, 0.29) is 35.2 Å². The highest BCUT2D eigenvalue weighted by atomic mass is 32.2. The number of hydrogen-bond donors (Lipinski definition) is 7. The molecule has 0 spiro atoms. The Morgan fingerprint density at radius 3 is 2.69 bits per heavy atom. The quantitative estimate of drug-likeness (QED) is 0.245. The Morgan fingerprint density at radius 1 is 1.31 bits per heavy atom. The number of amides is 1. The molecule has 3 atom stereocenters. The van der Waals surface area contributed by atoms with Gasteiger partial charge in [-0.25, -0.2) is 9.00 Å². The van der Waals surface area contributed by atoms with Crippen LogP contribution in [0, 0.1) is 5.92 Å². The van der Waals surface area contributed by atoms with E-state index < -0.39 is 29.0 Å². The van der Waals surface area contributed by atoms with Crippen LogP contribution in [0.3, 0.4) is 0 Å². The normalized spacial score (nSPS) is 16.8. The van der Waals surface area contributed by atoms with Gasteiger partial charge in [0.25, 0.3) is 11.5 Å². The number of nitrogens with one attached hydrogen (secondary N) is 4. The summed E-state index contributed by atoms with van der Waals surface area (Å²) in [5.74, 6) is -1.42. The summed E-state index contributed by atoms with van der Waals surface area (Å²) >= 11 is -2.14. The van der Waals surface area contributed by atoms with Crippen LogP contribution >= 0.6 is 0 Å². The van der Waals surface area contributed by atoms with Gasteiger partial charge in [0.2, 0.25) is 5.95 Å². The highest BCUT2D eigenvalue weighted by Gasteiger charge is 2.23. The molecule has 2 heterocycles. The van der Waals surface area contributed by atoms with Crippen LogP contribution < -0.4 is 27.2 Å². The fourth-order valence-electron chi connectivity index (χ4n) is 3.32. The number of aromatic amines is 1. The number of benzene rings is 1. The van der Waals surface area contributed by atoms with E-state index in [1.54, 1.807) is 24.3 Å². The molecular formula is C19H24N6O6S. The number of carbonyl (C=O) groups is 2. The number of carboxylic acids is 1. The van der Waals surface area contributed by atoms with Crippen LogP contribution in [0.15, 0.2) is 29.1 Å². The molecule has 0 saturated carbocycles. The zero-order valence-electron chi connectivity index (χ0n) is 17.0. The third kappa shape index (κ3) is 6.04. The Labute approximate surface area is 185 Å². The Bertz CT molecular complexity index is 1070. The number of carboxylic acid groups (broad SMARTS) is 1. The highest BCUT2D eigenvalue weighted by Crippen LogP contribution is 2.20. The SMILES string of the molecule is Nc1nc2c(c(=O)[nH]1)CC(CNc1ccc(C(=O)N[C@H](CCS(=O)O)C(=O)O)cc1)CN2. The Kier molecular flexibility index (Phi) is 7.43. The van der Waals surface area contributed by atoms with Crippen molar-refractivity contribution in [3.8, 4) is 0 Å². The van der Waals surface area contributed by atoms with E-state index in [4.69, 9.17) is 15.4 Å². The lowest BCUT2D eigenvalue weighted by Crippen LogP contribution is -2.41. The van der Waals surface area contributed by atoms with Gasteiger partial charge in [0.1, 0.15) is 11.9 Å². The van der Waals surface area contributed by atoms with Crippen molar-refractivity contribution in [1.82, 2.24) is 15.3 Å². The number of anilines is 3. The first-order valence-corrected chi connectivity index (χ1v) is 11.1. The molecule has 2 unspecified atom stereocenters. The van der Waals surface area contributed by atoms with E-state index in [0.717, 1.165) is 5.69 Å². The zero-order valence-corrected chi connectivity index (χ0v) is 17.8. The standard InChI is InChI=1S/C19H24N6O6S/c20-19-24-15-13(17(27)25-19)7-10(9-22-15)8-21-12-3-1-11(2-4-12)16(26)23-14(18(28)29)5-6-32(30)31/h1-4,10,14,21H,5-9H2,(H,23,26)(H,28,29)(H,30,31)(H4,20,22,24,25,27)/t10?,14-/m1/s1. The Morgan fingerprint density at radius 2 is 2.03 bits per heavy atom. The van der Waals surface area contributed by atoms with Crippen molar-refractivity contribution in [2.45, 2.75) is 18.9 Å². The predicted octanol–water partition coefficient (Wildman–Crippen LogP) is -0.157. The molecule has 172 valence electrons. The lowest BCUT2D eigenvalue weighted by atomic mass is 9.96. The summed E-state index contributed by atoms with van der Waals surface area (Å²) in [6.45, 7) is 1.19. The minimum absolute atomic E-state index is 0.0694. The largest absolute Gasteiger partial charge is 0.480 e. The van der Waals surface area contributed by atoms with Crippen LogP contribution in [0.2, 0.25) is 0 Å². The maximum absolute atomic E-state index is 12.3. The van der Waals surface area contributed by atoms with Gasteiger partial charge in [-0.05, 0) is 43.0 Å². The van der Waals surface area contributed by atoms with Gasteiger partial charge in [-0.2, -0.15) is 4.98 Å². The lowest BCUT2D eigenvalue weighted by molar-refractivity contribution is -0.139. The number of carbonyl (C=O) groups excluding carboxylic acids is 1. The topological polar surface area (TPSA) is 200 Å². The van der Waals surface area contributed by atoms with E-state index in [0.29, 0.717) is 30.9 Å². The van der Waals surface area contributed by atoms with Crippen LogP contribution in [0.5, 0.6) is 0 Å². The molecule has 1 amide bonds. The third-order valence-corrected chi connectivity index (χ3v) is 5.60. The maximum atomic E-state index is 12.3. The molecule has 2 aromatic rings. The summed E-state index contributed by atoms with van der Waals surface area (Å²) in [6.07, 6.45) is 0.376. The van der Waals surface area contributed by atoms with Crippen molar-refractivity contribution in [1.29, 1.82) is 0 Å². The second-order valence-electron chi connectivity index (χ2n) is 7.37. The van der Waals surface area contributed by atoms with Gasteiger partial charge in [0, 0.05) is 24.3 Å². The minimum atomic E-state index is -2.14. The molecular weight excluding hydrogens is 440 g/mol. The molecule has 0 fully saturated rings. The first-order chi connectivity index (χ1) is 15.2. The van der Waals surface area contributed by atoms with E-state index in [2.05, 4.69) is 25.9 Å². The van der Waals surface area contributed by atoms with Crippen molar-refractivity contribution in [2.24, 2.45) is 5.92 Å². The highest BCUT2D eigenvalue weighted by molar-refractivity contribution is 7.79. The Hall–Kier alpha value is -3.45. The molecule has 1 aliphatic rings. The number of nitrogen functional groups attached to an aromatic ring is 1. The molecule has 12 nitrogen and oxygen atoms in total. The first-order valence-electron chi connectivity index (χ1n) is 9.80. The number of aliphatic carboxylic acids is 1. The number of nitrogens with two attached hydrogens (primary N) is 1. The second-order valence-corrected chi connectivity index (χ2v) is 8.42. The van der Waals surface area contributed by atoms with Gasteiger partial charge < -0.3 is 31.3 Å². The summed E-state index contributed by atoms with van der Waals surface area (Å²) in [7, 11) is 0. The number of nitrogens with zero attached hydrogens (tertiary/aromatic N) is 1. The maximum Gasteiger partial charge on any atom is 0.326 e. The average Bonchev–Trinajstić information content (AvgIpc) is 2.75. The summed E-state index contributed by atoms with van der Waals surface area (Å²) in [4.78, 5) is 42.2. The number of hydrogen-bond acceptors (Lipinski definition) is 8. The van der Waals surface area contributed by atoms with Crippen LogP contribution in [-0.4, -0.2) is 60.6 Å². The van der Waals surface area contributed by atoms with Crippen LogP contribution in [-0.2, 0) is 22.3 Å². The summed E-state index contributed by atoms with van der Waals surface area (Å²) in [5.41, 5.74) is 6.86. The van der Waals surface area contributed by atoms with Crippen molar-refractivity contribution in [3.63, 3.8) is 0 Å². The van der Waals surface area contributed by atoms with E-state index in [1.807, 2.05) is 0 Å². The van der Waals surface area contributed by atoms with Gasteiger partial charge in [-0.3, -0.25) is 14.6 Å². The predicted molar refractivity (Wildman–Crippen MR) is 119 cm³/mol. The van der Waals surface area contributed by atoms with Gasteiger partial charge in [0.15, 0.2) is 11.1 Å². The molecule has 8 N–H and O–H groups in total. The van der Waals surface area contributed by atoms with Crippen molar-refractivity contribution in [2.75, 3.05) is 35.2 Å². The molecule has 0 radical (unpaired) electrons. The average molecular weight is 465 g/mol. The molecule has 1 aromatic carbocycles. The molecule has 3 rings (SSSR count). The fourth-order valence-corrected chi connectivity index (χ4v) is 3.75. The smallest absolute Gasteiger partial charge is 0.326 e. The third-order valence-electron chi connectivity index (χ3n) is 5.01. The summed E-state index contributed by atoms with van der Waals surface area (Å²) < 4.78 is 19.6. The summed E-state index contributed by atoms with van der Waals surface area (Å²) in [6, 6.07) is 5.21. The molecule has 0 bridgehead atoms. The molecule has 32 heavy (non-hydrogen) atoms. The van der Waals surface area contributed by atoms with Crippen LogP contribution in [0.1, 0.15) is 22.3 Å². The van der Waals surface area contributed by atoms with Crippen LogP contribution in [0.25, 0.3) is 0 Å². The van der Waals surface area contributed by atoms with E-state index in [1.165, 1.54) is 0 Å². The van der Waals surface area contributed by atoms with E-state index in [9.17, 15) is 18.6 Å². The second kappa shape index (κ2) is 10.2. The summed E-state index contributed by atoms with van der Waals surface area (Å²) in [5, 5.41) is 17.9. The molecule has 0 saturated heterocycles. The van der Waals surface area contributed by atoms with Crippen molar-refractivity contribution < 1.29 is 23.5 Å². The van der Waals surface area contributed by atoms with Crippen LogP contribution in [0.4, 0.5) is 17.5 Å². The number of rotatable bonds is 9. The molecule has 13 heteroatoms. The molecule has 1 aliphatic heterocycles. The monoisotopic (exact) mass is 464 g/mol. The van der Waals surface area contributed by atoms with Gasteiger partial charge in [0.05, 0.1) is 11.3 Å². The van der Waals surface area contributed by atoms with E-state index >= 15 is 0 Å². The van der Waals surface area contributed by atoms with Gasteiger partial charge in [-0.15, -0.1) is 0 Å².